The highest BCUT2D eigenvalue weighted by Gasteiger charge is 2.65. The number of rotatable bonds is 9. The van der Waals surface area contributed by atoms with E-state index in [1.807, 2.05) is 22.6 Å². The lowest BCUT2D eigenvalue weighted by molar-refractivity contribution is -0.158. The molecule has 2 saturated heterocycles. The van der Waals surface area contributed by atoms with E-state index in [4.69, 9.17) is 14.8 Å². The monoisotopic (exact) mass is 646 g/mol. The highest BCUT2D eigenvalue weighted by Crippen LogP contribution is 2.51. The van der Waals surface area contributed by atoms with E-state index in [2.05, 4.69) is 47.5 Å². The molecule has 0 amide bonds. The molecule has 3 fully saturated rings. The van der Waals surface area contributed by atoms with E-state index in [1.165, 1.54) is 37.5 Å². The Balaban J connectivity index is 1.10. The maximum absolute atomic E-state index is 15.7. The van der Waals surface area contributed by atoms with Crippen LogP contribution in [0.5, 0.6) is 0 Å². The van der Waals surface area contributed by atoms with Gasteiger partial charge in [-0.2, -0.15) is 5.10 Å². The van der Waals surface area contributed by atoms with Crippen LogP contribution in [0.1, 0.15) is 90.6 Å². The van der Waals surface area contributed by atoms with Crippen LogP contribution in [-0.2, 0) is 22.5 Å². The first-order valence-corrected chi connectivity index (χ1v) is 17.4. The van der Waals surface area contributed by atoms with Crippen LogP contribution in [0.15, 0.2) is 36.4 Å². The van der Waals surface area contributed by atoms with Crippen molar-refractivity contribution in [2.24, 2.45) is 5.41 Å². The lowest BCUT2D eigenvalue weighted by Crippen LogP contribution is -2.65. The molecule has 2 aromatic heterocycles. The Morgan fingerprint density at radius 3 is 2.55 bits per heavy atom. The molecule has 7 rings (SSSR count). The van der Waals surface area contributed by atoms with E-state index in [1.54, 1.807) is 0 Å². The molecule has 0 radical (unpaired) electrons. The summed E-state index contributed by atoms with van der Waals surface area (Å²) in [5.41, 5.74) is 6.27. The molecular weight excluding hydrogens is 598 g/mol. The third-order valence-corrected chi connectivity index (χ3v) is 11.0. The minimum Gasteiger partial charge on any atom is -0.469 e. The van der Waals surface area contributed by atoms with Gasteiger partial charge < -0.3 is 15.0 Å². The quantitative estimate of drug-likeness (QED) is 0.270. The Labute approximate surface area is 276 Å². The van der Waals surface area contributed by atoms with Crippen LogP contribution in [-0.4, -0.2) is 82.8 Å². The minimum absolute atomic E-state index is 0.183. The van der Waals surface area contributed by atoms with Crippen LogP contribution in [0.2, 0.25) is 0 Å². The molecule has 1 spiro atoms. The maximum Gasteiger partial charge on any atom is 0.306 e. The van der Waals surface area contributed by atoms with Gasteiger partial charge in [-0.1, -0.05) is 31.4 Å². The van der Waals surface area contributed by atoms with Crippen LogP contribution in [0, 0.1) is 19.3 Å². The van der Waals surface area contributed by atoms with E-state index >= 15 is 8.78 Å². The molecule has 1 aliphatic carbocycles. The molecule has 252 valence electrons. The average molecular weight is 647 g/mol. The maximum atomic E-state index is 15.7. The molecule has 8 nitrogen and oxygen atoms in total. The summed E-state index contributed by atoms with van der Waals surface area (Å²) in [6.07, 6.45) is 8.30. The second-order valence-electron chi connectivity index (χ2n) is 14.6. The summed E-state index contributed by atoms with van der Waals surface area (Å²) in [7, 11) is 1.42. The number of ether oxygens (including phenoxy) is 1. The number of hydrogen-bond acceptors (Lipinski definition) is 7. The Morgan fingerprint density at radius 2 is 1.81 bits per heavy atom. The molecule has 1 aromatic carbocycles. The van der Waals surface area contributed by atoms with Crippen molar-refractivity contribution in [3.8, 4) is 5.69 Å². The number of carbonyl (C=O) groups is 1. The molecular formula is C37H48F2N6O2. The number of aromatic nitrogens is 3. The summed E-state index contributed by atoms with van der Waals surface area (Å²) in [6.45, 7) is 6.58. The van der Waals surface area contributed by atoms with Crippen molar-refractivity contribution in [2.45, 2.75) is 89.5 Å². The number of methoxy groups -OCH3 is 1. The molecule has 4 aliphatic rings. The number of fused-ring (bicyclic) bond motifs is 1. The fourth-order valence-electron chi connectivity index (χ4n) is 8.58. The molecule has 1 atom stereocenters. The van der Waals surface area contributed by atoms with Gasteiger partial charge in [0.2, 0.25) is 0 Å². The van der Waals surface area contributed by atoms with E-state index in [0.29, 0.717) is 38.6 Å². The first-order chi connectivity index (χ1) is 22.6. The predicted octanol–water partition coefficient (Wildman–Crippen LogP) is 6.39. The molecule has 3 aromatic rings. The van der Waals surface area contributed by atoms with Gasteiger partial charge in [-0.3, -0.25) is 9.69 Å². The van der Waals surface area contributed by atoms with Crippen molar-refractivity contribution in [3.05, 3.63) is 70.2 Å². The molecule has 10 heteroatoms. The van der Waals surface area contributed by atoms with Crippen LogP contribution in [0.3, 0.4) is 0 Å². The van der Waals surface area contributed by atoms with Gasteiger partial charge in [-0.25, -0.2) is 18.4 Å². The molecule has 0 unspecified atom stereocenters. The van der Waals surface area contributed by atoms with E-state index < -0.39 is 11.3 Å². The molecule has 0 bridgehead atoms. The number of benzene rings is 1. The summed E-state index contributed by atoms with van der Waals surface area (Å²) >= 11 is 0. The first-order valence-electron chi connectivity index (χ1n) is 17.4. The number of nitrogens with one attached hydrogen (secondary N) is 1. The van der Waals surface area contributed by atoms with Crippen molar-refractivity contribution < 1.29 is 18.3 Å². The number of carbonyl (C=O) groups excluding carboxylic acids is 1. The fraction of sp³-hybridized carbons (Fsp3) is 0.595. The van der Waals surface area contributed by atoms with Gasteiger partial charge in [0.25, 0.3) is 5.92 Å². The third kappa shape index (κ3) is 6.55. The van der Waals surface area contributed by atoms with Gasteiger partial charge in [-0.05, 0) is 86.4 Å². The number of aryl methyl sites for hydroxylation is 3. The van der Waals surface area contributed by atoms with Gasteiger partial charge in [0, 0.05) is 50.9 Å². The average Bonchev–Trinajstić information content (AvgIpc) is 3.53. The number of halogens is 2. The summed E-state index contributed by atoms with van der Waals surface area (Å²) in [6, 6.07) is 12.8. The number of pyridine rings is 1. The molecule has 5 heterocycles. The van der Waals surface area contributed by atoms with Crippen LogP contribution < -0.4 is 5.32 Å². The van der Waals surface area contributed by atoms with Gasteiger partial charge >= 0.3 is 5.97 Å². The van der Waals surface area contributed by atoms with E-state index in [0.717, 1.165) is 66.4 Å². The summed E-state index contributed by atoms with van der Waals surface area (Å²) in [5.74, 6) is -1.90. The van der Waals surface area contributed by atoms with Crippen molar-refractivity contribution in [2.75, 3.05) is 51.7 Å². The van der Waals surface area contributed by atoms with Crippen LogP contribution in [0.25, 0.3) is 5.69 Å². The molecule has 1 N–H and O–H groups in total. The molecule has 3 aliphatic heterocycles. The number of alkyl halides is 2. The lowest BCUT2D eigenvalue weighted by Gasteiger charge is -2.51. The summed E-state index contributed by atoms with van der Waals surface area (Å²) in [4.78, 5) is 21.5. The SMILES string of the molecule is COC(=O)C[C@H](CN1CC2(CN(Cc3ccc4c(n3)NCCC4)CC2(F)F)C1)c1cc(C2CCCCC2)cc(-n2nc(C)cc2C)c1. The first kappa shape index (κ1) is 32.2. The smallest absolute Gasteiger partial charge is 0.306 e. The predicted molar refractivity (Wildman–Crippen MR) is 178 cm³/mol. The van der Waals surface area contributed by atoms with Crippen LogP contribution >= 0.6 is 0 Å². The Bertz CT molecular complexity index is 1610. The standard InChI is InChI=1S/C37H48F2N6O2/c1-25-14-26(2)45(42-25)33-16-29(27-8-5-4-6-9-27)15-30(17-33)31(18-34(46)47-3)19-43-21-36(22-43)23-44(24-37(36,38)39)20-32-12-11-28-10-7-13-40-35(28)41-32/h11-12,14-17,27,31H,4-10,13,18-24H2,1-3H3,(H,40,41)/t31-/m1/s1. The Morgan fingerprint density at radius 1 is 1.02 bits per heavy atom. The van der Waals surface area contributed by atoms with Crippen molar-refractivity contribution >= 4 is 11.8 Å². The van der Waals surface area contributed by atoms with Gasteiger partial charge in [-0.15, -0.1) is 0 Å². The highest BCUT2D eigenvalue weighted by molar-refractivity contribution is 5.70. The highest BCUT2D eigenvalue weighted by atomic mass is 19.3. The molecule has 47 heavy (non-hydrogen) atoms. The second kappa shape index (κ2) is 12.9. The number of nitrogens with zero attached hydrogens (tertiary/aromatic N) is 5. The lowest BCUT2D eigenvalue weighted by atomic mass is 9.75. The zero-order chi connectivity index (χ0) is 32.8. The van der Waals surface area contributed by atoms with Gasteiger partial charge in [0.05, 0.1) is 42.6 Å². The Kier molecular flexibility index (Phi) is 8.85. The van der Waals surface area contributed by atoms with Crippen molar-refractivity contribution in [1.82, 2.24) is 24.6 Å². The minimum atomic E-state index is -2.79. The van der Waals surface area contributed by atoms with Gasteiger partial charge in [0.1, 0.15) is 5.82 Å². The number of anilines is 1. The van der Waals surface area contributed by atoms with Crippen molar-refractivity contribution in [3.63, 3.8) is 0 Å². The Hall–Kier alpha value is -3.37. The van der Waals surface area contributed by atoms with E-state index in [9.17, 15) is 4.79 Å². The zero-order valence-corrected chi connectivity index (χ0v) is 28.0. The number of hydrogen-bond donors (Lipinski definition) is 1. The topological polar surface area (TPSA) is 75.5 Å². The summed E-state index contributed by atoms with van der Waals surface area (Å²) < 4.78 is 38.6. The zero-order valence-electron chi connectivity index (χ0n) is 28.0. The summed E-state index contributed by atoms with van der Waals surface area (Å²) in [5, 5.41) is 8.13. The second-order valence-corrected chi connectivity index (χ2v) is 14.6. The van der Waals surface area contributed by atoms with Crippen molar-refractivity contribution in [1.29, 1.82) is 0 Å². The van der Waals surface area contributed by atoms with Gasteiger partial charge in [0.15, 0.2) is 0 Å². The van der Waals surface area contributed by atoms with Crippen LogP contribution in [0.4, 0.5) is 14.6 Å². The fourth-order valence-corrected chi connectivity index (χ4v) is 8.58. The molecule has 1 saturated carbocycles. The number of esters is 1. The van der Waals surface area contributed by atoms with E-state index in [-0.39, 0.29) is 24.9 Å². The normalized spacial score (nSPS) is 21.6. The number of likely N-dealkylation sites (tertiary alicyclic amines) is 2. The largest absolute Gasteiger partial charge is 0.469 e. The third-order valence-electron chi connectivity index (χ3n) is 11.0.